The fourth-order valence-electron chi connectivity index (χ4n) is 4.30. The summed E-state index contributed by atoms with van der Waals surface area (Å²) in [5.74, 6) is -3.00. The number of aryl methyl sites for hydroxylation is 2. The third-order valence-electron chi connectivity index (χ3n) is 5.84. The Morgan fingerprint density at radius 3 is 2.69 bits per heavy atom. The van der Waals surface area contributed by atoms with E-state index >= 15 is 0 Å². The Hall–Kier alpha value is -4.68. The number of amides is 5. The van der Waals surface area contributed by atoms with Gasteiger partial charge in [0.1, 0.15) is 24.0 Å². The molecule has 1 atom stereocenters. The SMILES string of the molecule is Cc1cn(C)nc1-c1cn(CC(=O)Nc2cccc3c2C(=O)N(C2CCC(=O)NC2=O)C3=O)nn1. The van der Waals surface area contributed by atoms with Crippen LogP contribution in [-0.4, -0.2) is 65.3 Å². The van der Waals surface area contributed by atoms with E-state index < -0.39 is 35.6 Å². The van der Waals surface area contributed by atoms with Gasteiger partial charge in [-0.25, -0.2) is 4.68 Å². The smallest absolute Gasteiger partial charge is 0.264 e. The van der Waals surface area contributed by atoms with E-state index in [1.807, 2.05) is 13.1 Å². The number of hydrogen-bond donors (Lipinski definition) is 2. The summed E-state index contributed by atoms with van der Waals surface area (Å²) in [5, 5.41) is 17.2. The van der Waals surface area contributed by atoms with Crippen LogP contribution < -0.4 is 10.6 Å². The van der Waals surface area contributed by atoms with Gasteiger partial charge in [-0.2, -0.15) is 5.10 Å². The molecule has 13 heteroatoms. The van der Waals surface area contributed by atoms with Gasteiger partial charge in [-0.15, -0.1) is 5.10 Å². The van der Waals surface area contributed by atoms with E-state index in [-0.39, 0.29) is 36.2 Å². The number of piperidine rings is 1. The highest BCUT2D eigenvalue weighted by molar-refractivity contribution is 6.26. The van der Waals surface area contributed by atoms with E-state index in [1.165, 1.54) is 22.9 Å². The Morgan fingerprint density at radius 1 is 1.17 bits per heavy atom. The topological polar surface area (TPSA) is 161 Å². The summed E-state index contributed by atoms with van der Waals surface area (Å²) >= 11 is 0. The summed E-state index contributed by atoms with van der Waals surface area (Å²) in [6.07, 6.45) is 3.49. The lowest BCUT2D eigenvalue weighted by Crippen LogP contribution is -2.54. The van der Waals surface area contributed by atoms with E-state index in [2.05, 4.69) is 26.0 Å². The predicted octanol–water partition coefficient (Wildman–Crippen LogP) is 0.0269. The molecule has 2 aliphatic rings. The molecule has 0 radical (unpaired) electrons. The van der Waals surface area contributed by atoms with Crippen LogP contribution in [0.4, 0.5) is 5.69 Å². The van der Waals surface area contributed by atoms with Gasteiger partial charge in [-0.05, 0) is 31.0 Å². The average molecular weight is 476 g/mol. The molecule has 1 aromatic carbocycles. The van der Waals surface area contributed by atoms with Crippen molar-refractivity contribution in [2.75, 3.05) is 5.32 Å². The average Bonchev–Trinajstić information content (AvgIpc) is 3.46. The minimum Gasteiger partial charge on any atom is -0.324 e. The minimum absolute atomic E-state index is 0.000982. The molecular weight excluding hydrogens is 456 g/mol. The van der Waals surface area contributed by atoms with Gasteiger partial charge in [0.25, 0.3) is 11.8 Å². The summed E-state index contributed by atoms with van der Waals surface area (Å²) < 4.78 is 2.99. The zero-order valence-electron chi connectivity index (χ0n) is 18.8. The molecule has 2 N–H and O–H groups in total. The highest BCUT2D eigenvalue weighted by Crippen LogP contribution is 2.32. The van der Waals surface area contributed by atoms with Crippen LogP contribution in [0.1, 0.15) is 39.1 Å². The van der Waals surface area contributed by atoms with E-state index in [0.717, 1.165) is 10.5 Å². The number of imide groups is 2. The van der Waals surface area contributed by atoms with Crippen LogP contribution in [0, 0.1) is 6.92 Å². The third kappa shape index (κ3) is 3.86. The number of anilines is 1. The van der Waals surface area contributed by atoms with E-state index in [9.17, 15) is 24.0 Å². The lowest BCUT2D eigenvalue weighted by molar-refractivity contribution is -0.136. The molecule has 5 amide bonds. The molecular formula is C22H20N8O5. The molecule has 4 heterocycles. The quantitative estimate of drug-likeness (QED) is 0.488. The molecule has 178 valence electrons. The first kappa shape index (κ1) is 22.1. The molecule has 2 aromatic heterocycles. The number of carbonyl (C=O) groups is 5. The first-order chi connectivity index (χ1) is 16.7. The van der Waals surface area contributed by atoms with Crippen LogP contribution in [0.25, 0.3) is 11.4 Å². The van der Waals surface area contributed by atoms with Crippen molar-refractivity contribution < 1.29 is 24.0 Å². The van der Waals surface area contributed by atoms with Crippen molar-refractivity contribution in [2.24, 2.45) is 7.05 Å². The van der Waals surface area contributed by atoms with Gasteiger partial charge < -0.3 is 5.32 Å². The summed E-state index contributed by atoms with van der Waals surface area (Å²) in [7, 11) is 1.79. The van der Waals surface area contributed by atoms with Crippen molar-refractivity contribution in [2.45, 2.75) is 32.4 Å². The van der Waals surface area contributed by atoms with E-state index in [4.69, 9.17) is 0 Å². The number of nitrogens with zero attached hydrogens (tertiary/aromatic N) is 6. The van der Waals surface area contributed by atoms with Crippen molar-refractivity contribution in [1.29, 1.82) is 0 Å². The maximum atomic E-state index is 13.1. The van der Waals surface area contributed by atoms with Gasteiger partial charge in [0, 0.05) is 19.7 Å². The second-order valence-electron chi connectivity index (χ2n) is 8.36. The van der Waals surface area contributed by atoms with Crippen LogP contribution in [0.5, 0.6) is 0 Å². The van der Waals surface area contributed by atoms with Gasteiger partial charge in [0.05, 0.1) is 23.0 Å². The third-order valence-corrected chi connectivity index (χ3v) is 5.84. The fourth-order valence-corrected chi connectivity index (χ4v) is 4.30. The molecule has 1 saturated heterocycles. The zero-order chi connectivity index (χ0) is 24.9. The van der Waals surface area contributed by atoms with Crippen LogP contribution in [0.3, 0.4) is 0 Å². The fraction of sp³-hybridized carbons (Fsp3) is 0.273. The van der Waals surface area contributed by atoms with Gasteiger partial charge >= 0.3 is 0 Å². The number of hydrogen-bond acceptors (Lipinski definition) is 8. The number of fused-ring (bicyclic) bond motifs is 1. The summed E-state index contributed by atoms with van der Waals surface area (Å²) in [6, 6.07) is 3.40. The molecule has 35 heavy (non-hydrogen) atoms. The Bertz CT molecular complexity index is 1420. The highest BCUT2D eigenvalue weighted by Gasteiger charge is 2.45. The van der Waals surface area contributed by atoms with Crippen molar-refractivity contribution in [1.82, 2.24) is 35.0 Å². The summed E-state index contributed by atoms with van der Waals surface area (Å²) in [4.78, 5) is 63.4. The second kappa shape index (κ2) is 8.27. The number of nitrogens with one attached hydrogen (secondary N) is 2. The van der Waals surface area contributed by atoms with Gasteiger partial charge in [0.15, 0.2) is 0 Å². The number of benzene rings is 1. The first-order valence-electron chi connectivity index (χ1n) is 10.8. The Labute approximate surface area is 198 Å². The van der Waals surface area contributed by atoms with Crippen molar-refractivity contribution >= 4 is 35.2 Å². The zero-order valence-corrected chi connectivity index (χ0v) is 18.8. The Kier molecular flexibility index (Phi) is 5.23. The number of rotatable bonds is 5. The molecule has 1 fully saturated rings. The van der Waals surface area contributed by atoms with Gasteiger partial charge in [-0.1, -0.05) is 11.3 Å². The normalized spacial score (nSPS) is 17.5. The first-order valence-corrected chi connectivity index (χ1v) is 10.8. The number of aromatic nitrogens is 5. The molecule has 2 aliphatic heterocycles. The Balaban J connectivity index is 1.34. The van der Waals surface area contributed by atoms with Crippen LogP contribution >= 0.6 is 0 Å². The van der Waals surface area contributed by atoms with Crippen molar-refractivity contribution in [3.05, 3.63) is 47.3 Å². The van der Waals surface area contributed by atoms with Crippen molar-refractivity contribution in [3.8, 4) is 11.4 Å². The van der Waals surface area contributed by atoms with Crippen LogP contribution in [0.2, 0.25) is 0 Å². The van der Waals surface area contributed by atoms with E-state index in [0.29, 0.717) is 11.4 Å². The maximum Gasteiger partial charge on any atom is 0.264 e. The molecule has 13 nitrogen and oxygen atoms in total. The molecule has 1 unspecified atom stereocenters. The van der Waals surface area contributed by atoms with Crippen molar-refractivity contribution in [3.63, 3.8) is 0 Å². The molecule has 0 spiro atoms. The summed E-state index contributed by atoms with van der Waals surface area (Å²) in [6.45, 7) is 1.70. The number of carbonyl (C=O) groups excluding carboxylic acids is 5. The summed E-state index contributed by atoms with van der Waals surface area (Å²) in [5.41, 5.74) is 2.29. The molecule has 0 bridgehead atoms. The molecule has 5 rings (SSSR count). The van der Waals surface area contributed by atoms with Crippen LogP contribution in [0.15, 0.2) is 30.6 Å². The molecule has 0 aliphatic carbocycles. The Morgan fingerprint density at radius 2 is 1.97 bits per heavy atom. The molecule has 0 saturated carbocycles. The van der Waals surface area contributed by atoms with Gasteiger partial charge in [0.2, 0.25) is 17.7 Å². The second-order valence-corrected chi connectivity index (χ2v) is 8.36. The van der Waals surface area contributed by atoms with E-state index in [1.54, 1.807) is 17.9 Å². The minimum atomic E-state index is -1.09. The van der Waals surface area contributed by atoms with Gasteiger partial charge in [-0.3, -0.25) is 38.9 Å². The largest absolute Gasteiger partial charge is 0.324 e. The lowest BCUT2D eigenvalue weighted by atomic mass is 10.0. The predicted molar refractivity (Wildman–Crippen MR) is 119 cm³/mol. The lowest BCUT2D eigenvalue weighted by Gasteiger charge is -2.27. The maximum absolute atomic E-state index is 13.1. The van der Waals surface area contributed by atoms with Crippen LogP contribution in [-0.2, 0) is 28.0 Å². The standard InChI is InChI=1S/C22H20N8O5/c1-11-8-28(2)26-19(11)14-9-29(27-25-14)10-17(32)23-13-5-3-4-12-18(13)22(35)30(21(12)34)15-6-7-16(31)24-20(15)33/h3-5,8-9,15H,6-7,10H2,1-2H3,(H,23,32)(H,24,31,33). The molecule has 3 aromatic rings. The monoisotopic (exact) mass is 476 g/mol. The highest BCUT2D eigenvalue weighted by atomic mass is 16.2.